The van der Waals surface area contributed by atoms with Gasteiger partial charge in [-0.25, -0.2) is 0 Å². The van der Waals surface area contributed by atoms with E-state index in [4.69, 9.17) is 0 Å². The molecule has 0 aliphatic heterocycles. The van der Waals surface area contributed by atoms with Crippen molar-refractivity contribution in [2.24, 2.45) is 4.99 Å². The SMILES string of the molecule is CC/N=C(\C)Cc1cccc(C)c1. The maximum absolute atomic E-state index is 4.37. The number of rotatable bonds is 3. The van der Waals surface area contributed by atoms with Gasteiger partial charge in [0.05, 0.1) is 0 Å². The third-order valence-corrected chi connectivity index (χ3v) is 1.97. The van der Waals surface area contributed by atoms with E-state index in [1.54, 1.807) is 0 Å². The summed E-state index contributed by atoms with van der Waals surface area (Å²) >= 11 is 0. The van der Waals surface area contributed by atoms with E-state index in [0.717, 1.165) is 13.0 Å². The van der Waals surface area contributed by atoms with Crippen molar-refractivity contribution in [3.8, 4) is 0 Å². The smallest absolute Gasteiger partial charge is 0.0360 e. The first-order chi connectivity index (χ1) is 6.22. The maximum atomic E-state index is 4.37. The van der Waals surface area contributed by atoms with Crippen LogP contribution in [0.1, 0.15) is 25.0 Å². The van der Waals surface area contributed by atoms with Crippen LogP contribution < -0.4 is 0 Å². The molecule has 0 fully saturated rings. The summed E-state index contributed by atoms with van der Waals surface area (Å²) < 4.78 is 0. The number of benzene rings is 1. The predicted molar refractivity (Wildman–Crippen MR) is 58.5 cm³/mol. The van der Waals surface area contributed by atoms with Gasteiger partial charge in [0.1, 0.15) is 0 Å². The molecule has 0 saturated heterocycles. The summed E-state index contributed by atoms with van der Waals surface area (Å²) in [5.74, 6) is 0. The molecule has 0 amide bonds. The second-order valence-corrected chi connectivity index (χ2v) is 3.38. The first-order valence-electron chi connectivity index (χ1n) is 4.78. The van der Waals surface area contributed by atoms with Gasteiger partial charge < -0.3 is 0 Å². The quantitative estimate of drug-likeness (QED) is 0.626. The van der Waals surface area contributed by atoms with Crippen LogP contribution in [0, 0.1) is 6.92 Å². The molecule has 0 radical (unpaired) electrons. The molecule has 0 atom stereocenters. The zero-order chi connectivity index (χ0) is 9.68. The normalized spacial score (nSPS) is 11.8. The van der Waals surface area contributed by atoms with E-state index in [0.29, 0.717) is 0 Å². The van der Waals surface area contributed by atoms with Gasteiger partial charge in [-0.3, -0.25) is 4.99 Å². The minimum Gasteiger partial charge on any atom is -0.294 e. The van der Waals surface area contributed by atoms with Gasteiger partial charge in [-0.05, 0) is 26.3 Å². The minimum atomic E-state index is 0.887. The average molecular weight is 175 g/mol. The zero-order valence-electron chi connectivity index (χ0n) is 8.67. The van der Waals surface area contributed by atoms with E-state index in [1.807, 2.05) is 0 Å². The number of hydrogen-bond donors (Lipinski definition) is 0. The molecule has 70 valence electrons. The molecule has 13 heavy (non-hydrogen) atoms. The Kier molecular flexibility index (Phi) is 3.69. The fourth-order valence-electron chi connectivity index (χ4n) is 1.44. The monoisotopic (exact) mass is 175 g/mol. The molecule has 0 unspecified atom stereocenters. The van der Waals surface area contributed by atoms with E-state index < -0.39 is 0 Å². The van der Waals surface area contributed by atoms with E-state index in [9.17, 15) is 0 Å². The first-order valence-corrected chi connectivity index (χ1v) is 4.78. The highest BCUT2D eigenvalue weighted by atomic mass is 14.7. The Morgan fingerprint density at radius 3 is 2.77 bits per heavy atom. The van der Waals surface area contributed by atoms with E-state index in [1.165, 1.54) is 16.8 Å². The van der Waals surface area contributed by atoms with Crippen molar-refractivity contribution in [2.75, 3.05) is 6.54 Å². The fourth-order valence-corrected chi connectivity index (χ4v) is 1.44. The number of hydrogen-bond acceptors (Lipinski definition) is 1. The Morgan fingerprint density at radius 2 is 2.15 bits per heavy atom. The highest BCUT2D eigenvalue weighted by Crippen LogP contribution is 2.05. The molecule has 0 aliphatic carbocycles. The predicted octanol–water partition coefficient (Wildman–Crippen LogP) is 3.02. The largest absolute Gasteiger partial charge is 0.294 e. The Bertz CT molecular complexity index is 300. The minimum absolute atomic E-state index is 0.887. The molecule has 0 aliphatic rings. The van der Waals surface area contributed by atoms with Gasteiger partial charge in [0.25, 0.3) is 0 Å². The summed E-state index contributed by atoms with van der Waals surface area (Å²) in [5.41, 5.74) is 3.89. The standard InChI is InChI=1S/C12H17N/c1-4-13-11(3)9-12-7-5-6-10(2)8-12/h5-8H,4,9H2,1-3H3/b13-11+. The lowest BCUT2D eigenvalue weighted by Gasteiger charge is -2.01. The van der Waals surface area contributed by atoms with Gasteiger partial charge in [0.15, 0.2) is 0 Å². The Hall–Kier alpha value is -1.11. The number of aryl methyl sites for hydroxylation is 1. The highest BCUT2D eigenvalue weighted by molar-refractivity contribution is 5.84. The summed E-state index contributed by atoms with van der Waals surface area (Å²) in [5, 5.41) is 0. The van der Waals surface area contributed by atoms with Crippen LogP contribution in [0.15, 0.2) is 29.3 Å². The summed E-state index contributed by atoms with van der Waals surface area (Å²) in [4.78, 5) is 4.37. The van der Waals surface area contributed by atoms with Crippen LogP contribution in [0.3, 0.4) is 0 Å². The zero-order valence-corrected chi connectivity index (χ0v) is 8.67. The van der Waals surface area contributed by atoms with Crippen molar-refractivity contribution in [1.29, 1.82) is 0 Å². The molecule has 0 spiro atoms. The number of aliphatic imine (C=N–C) groups is 1. The third-order valence-electron chi connectivity index (χ3n) is 1.97. The molecule has 1 aromatic rings. The van der Waals surface area contributed by atoms with Crippen LogP contribution in [-0.4, -0.2) is 12.3 Å². The van der Waals surface area contributed by atoms with Gasteiger partial charge in [-0.1, -0.05) is 29.8 Å². The molecular weight excluding hydrogens is 158 g/mol. The lowest BCUT2D eigenvalue weighted by atomic mass is 10.1. The molecular formula is C12H17N. The molecule has 0 saturated carbocycles. The summed E-state index contributed by atoms with van der Waals surface area (Å²) in [7, 11) is 0. The van der Waals surface area contributed by atoms with Crippen LogP contribution in [0.4, 0.5) is 0 Å². The van der Waals surface area contributed by atoms with E-state index in [2.05, 4.69) is 50.0 Å². The molecule has 0 heterocycles. The summed E-state index contributed by atoms with van der Waals surface area (Å²) in [6.45, 7) is 7.17. The van der Waals surface area contributed by atoms with Gasteiger partial charge >= 0.3 is 0 Å². The second-order valence-electron chi connectivity index (χ2n) is 3.38. The number of nitrogens with zero attached hydrogens (tertiary/aromatic N) is 1. The molecule has 0 aromatic heterocycles. The fraction of sp³-hybridized carbons (Fsp3) is 0.417. The van der Waals surface area contributed by atoms with Crippen LogP contribution in [0.5, 0.6) is 0 Å². The van der Waals surface area contributed by atoms with Crippen molar-refractivity contribution in [2.45, 2.75) is 27.2 Å². The van der Waals surface area contributed by atoms with Crippen molar-refractivity contribution < 1.29 is 0 Å². The van der Waals surface area contributed by atoms with Gasteiger partial charge in [-0.2, -0.15) is 0 Å². The van der Waals surface area contributed by atoms with Gasteiger partial charge in [0, 0.05) is 18.7 Å². The molecule has 1 heteroatoms. The van der Waals surface area contributed by atoms with Crippen molar-refractivity contribution in [3.63, 3.8) is 0 Å². The molecule has 1 aromatic carbocycles. The maximum Gasteiger partial charge on any atom is 0.0360 e. The molecule has 1 rings (SSSR count). The average Bonchev–Trinajstić information content (AvgIpc) is 2.04. The van der Waals surface area contributed by atoms with Crippen LogP contribution in [-0.2, 0) is 6.42 Å². The van der Waals surface area contributed by atoms with Gasteiger partial charge in [0.2, 0.25) is 0 Å². The lowest BCUT2D eigenvalue weighted by Crippen LogP contribution is -1.98. The van der Waals surface area contributed by atoms with Crippen molar-refractivity contribution >= 4 is 5.71 Å². The van der Waals surface area contributed by atoms with Crippen molar-refractivity contribution in [1.82, 2.24) is 0 Å². The topological polar surface area (TPSA) is 12.4 Å². The van der Waals surface area contributed by atoms with E-state index in [-0.39, 0.29) is 0 Å². The van der Waals surface area contributed by atoms with Crippen LogP contribution in [0.2, 0.25) is 0 Å². The van der Waals surface area contributed by atoms with Crippen LogP contribution >= 0.6 is 0 Å². The Morgan fingerprint density at radius 1 is 1.38 bits per heavy atom. The van der Waals surface area contributed by atoms with Crippen LogP contribution in [0.25, 0.3) is 0 Å². The Balaban J connectivity index is 2.69. The van der Waals surface area contributed by atoms with Gasteiger partial charge in [-0.15, -0.1) is 0 Å². The lowest BCUT2D eigenvalue weighted by molar-refractivity contribution is 1.10. The first kappa shape index (κ1) is 9.97. The summed E-state index contributed by atoms with van der Waals surface area (Å²) in [6.07, 6.45) is 0.982. The molecule has 0 bridgehead atoms. The molecule has 0 N–H and O–H groups in total. The second kappa shape index (κ2) is 4.80. The highest BCUT2D eigenvalue weighted by Gasteiger charge is 1.95. The van der Waals surface area contributed by atoms with Crippen molar-refractivity contribution in [3.05, 3.63) is 35.4 Å². The Labute approximate surface area is 80.5 Å². The van der Waals surface area contributed by atoms with E-state index >= 15 is 0 Å². The summed E-state index contributed by atoms with van der Waals surface area (Å²) in [6, 6.07) is 8.59. The molecule has 1 nitrogen and oxygen atoms in total. The third kappa shape index (κ3) is 3.41.